The first kappa shape index (κ1) is 21.2. The van der Waals surface area contributed by atoms with Gasteiger partial charge in [-0.05, 0) is 38.5 Å². The van der Waals surface area contributed by atoms with E-state index in [9.17, 15) is 4.21 Å². The van der Waals surface area contributed by atoms with Crippen LogP contribution < -0.4 is 5.32 Å². The van der Waals surface area contributed by atoms with Gasteiger partial charge in [-0.3, -0.25) is 14.1 Å². The summed E-state index contributed by atoms with van der Waals surface area (Å²) in [5.74, 6) is 1.54. The van der Waals surface area contributed by atoms with E-state index in [1.54, 1.807) is 7.05 Å². The topological polar surface area (TPSA) is 47.9 Å². The van der Waals surface area contributed by atoms with Gasteiger partial charge in [0.05, 0.1) is 0 Å². The van der Waals surface area contributed by atoms with Gasteiger partial charge in [-0.25, -0.2) is 0 Å². The van der Waals surface area contributed by atoms with Crippen LogP contribution >= 0.6 is 11.6 Å². The minimum absolute atomic E-state index is 0.169. The Morgan fingerprint density at radius 3 is 2.54 bits per heavy atom. The molecule has 1 N–H and O–H groups in total. The molecule has 0 saturated carbocycles. The lowest BCUT2D eigenvalue weighted by Gasteiger charge is -2.36. The molecule has 0 aliphatic carbocycles. The van der Waals surface area contributed by atoms with Crippen LogP contribution in [0.1, 0.15) is 26.3 Å². The van der Waals surface area contributed by atoms with Crippen molar-refractivity contribution in [2.24, 2.45) is 4.99 Å². The van der Waals surface area contributed by atoms with Gasteiger partial charge in [0.2, 0.25) is 0 Å². The number of benzene rings is 1. The molecule has 7 heteroatoms. The zero-order chi connectivity index (χ0) is 19.2. The molecule has 146 valence electrons. The zero-order valence-electron chi connectivity index (χ0n) is 16.3. The molecule has 1 saturated heterocycles. The van der Waals surface area contributed by atoms with E-state index in [0.29, 0.717) is 12.3 Å². The van der Waals surface area contributed by atoms with E-state index >= 15 is 0 Å². The van der Waals surface area contributed by atoms with Gasteiger partial charge in [0.1, 0.15) is 0 Å². The molecule has 5 nitrogen and oxygen atoms in total. The maximum atomic E-state index is 12.2. The SMILES string of the molecule is CN=C(NCCS(=O)C(C)(C)C)N1CCN(Cc2cccc(Cl)c2)CC1. The van der Waals surface area contributed by atoms with Crippen LogP contribution in [0.25, 0.3) is 0 Å². The normalized spacial score (nSPS) is 18.0. The molecular formula is C19H31ClN4OS. The van der Waals surface area contributed by atoms with Crippen LogP contribution in [0.15, 0.2) is 29.3 Å². The van der Waals surface area contributed by atoms with Gasteiger partial charge in [-0.1, -0.05) is 23.7 Å². The van der Waals surface area contributed by atoms with E-state index in [4.69, 9.17) is 11.6 Å². The largest absolute Gasteiger partial charge is 0.355 e. The summed E-state index contributed by atoms with van der Waals surface area (Å²) in [6.07, 6.45) is 0. The Bertz CT molecular complexity index is 637. The maximum absolute atomic E-state index is 12.2. The van der Waals surface area contributed by atoms with E-state index in [-0.39, 0.29) is 4.75 Å². The number of piperazine rings is 1. The smallest absolute Gasteiger partial charge is 0.193 e. The fourth-order valence-electron chi connectivity index (χ4n) is 2.91. The average Bonchev–Trinajstić information content (AvgIpc) is 2.59. The van der Waals surface area contributed by atoms with Crippen molar-refractivity contribution >= 4 is 28.4 Å². The number of hydrogen-bond acceptors (Lipinski definition) is 3. The van der Waals surface area contributed by atoms with E-state index in [2.05, 4.69) is 26.2 Å². The minimum Gasteiger partial charge on any atom is -0.355 e. The first-order valence-electron chi connectivity index (χ1n) is 9.10. The lowest BCUT2D eigenvalue weighted by atomic mass is 10.2. The van der Waals surface area contributed by atoms with Crippen molar-refractivity contribution < 1.29 is 4.21 Å². The Hall–Kier alpha value is -1.11. The van der Waals surface area contributed by atoms with Crippen molar-refractivity contribution in [2.75, 3.05) is 45.5 Å². The number of aliphatic imine (C=N–C) groups is 1. The summed E-state index contributed by atoms with van der Waals surface area (Å²) in [6.45, 7) is 11.5. The van der Waals surface area contributed by atoms with Crippen LogP contribution in [0.3, 0.4) is 0 Å². The highest BCUT2D eigenvalue weighted by molar-refractivity contribution is 7.86. The molecule has 0 bridgehead atoms. The summed E-state index contributed by atoms with van der Waals surface area (Å²) in [5.41, 5.74) is 1.25. The average molecular weight is 399 g/mol. The molecule has 2 rings (SSSR count). The second kappa shape index (κ2) is 9.72. The van der Waals surface area contributed by atoms with Gasteiger partial charge in [0, 0.05) is 72.6 Å². The Labute approximate surface area is 165 Å². The van der Waals surface area contributed by atoms with Crippen LogP contribution in [0.4, 0.5) is 0 Å². The summed E-state index contributed by atoms with van der Waals surface area (Å²) in [5, 5.41) is 4.15. The Morgan fingerprint density at radius 2 is 1.96 bits per heavy atom. The fourth-order valence-corrected chi connectivity index (χ4v) is 4.02. The molecule has 0 radical (unpaired) electrons. The van der Waals surface area contributed by atoms with Crippen molar-refractivity contribution in [3.05, 3.63) is 34.9 Å². The van der Waals surface area contributed by atoms with Crippen molar-refractivity contribution in [2.45, 2.75) is 32.1 Å². The number of nitrogens with zero attached hydrogens (tertiary/aromatic N) is 3. The lowest BCUT2D eigenvalue weighted by Crippen LogP contribution is -2.52. The maximum Gasteiger partial charge on any atom is 0.193 e. The fraction of sp³-hybridized carbons (Fsp3) is 0.632. The molecule has 26 heavy (non-hydrogen) atoms. The number of guanidine groups is 1. The first-order valence-corrected chi connectivity index (χ1v) is 10.8. The van der Waals surface area contributed by atoms with Gasteiger partial charge in [-0.2, -0.15) is 0 Å². The Morgan fingerprint density at radius 1 is 1.27 bits per heavy atom. The van der Waals surface area contributed by atoms with E-state index in [0.717, 1.165) is 43.7 Å². The third-order valence-electron chi connectivity index (χ3n) is 4.43. The number of rotatable bonds is 5. The molecule has 1 aliphatic rings. The summed E-state index contributed by atoms with van der Waals surface area (Å²) >= 11 is 6.07. The quantitative estimate of drug-likeness (QED) is 0.611. The highest BCUT2D eigenvalue weighted by Crippen LogP contribution is 2.14. The third-order valence-corrected chi connectivity index (χ3v) is 6.61. The molecule has 1 fully saturated rings. The van der Waals surface area contributed by atoms with Crippen LogP contribution in [0.5, 0.6) is 0 Å². The van der Waals surface area contributed by atoms with Crippen molar-refractivity contribution in [1.29, 1.82) is 0 Å². The molecule has 1 atom stereocenters. The van der Waals surface area contributed by atoms with Gasteiger partial charge in [0.15, 0.2) is 5.96 Å². The van der Waals surface area contributed by atoms with Crippen molar-refractivity contribution in [3.8, 4) is 0 Å². The Balaban J connectivity index is 1.77. The first-order chi connectivity index (χ1) is 12.3. The Kier molecular flexibility index (Phi) is 7.92. The molecule has 1 aromatic rings. The highest BCUT2D eigenvalue weighted by atomic mass is 35.5. The van der Waals surface area contributed by atoms with Crippen LogP contribution in [0.2, 0.25) is 5.02 Å². The lowest BCUT2D eigenvalue weighted by molar-refractivity contribution is 0.172. The van der Waals surface area contributed by atoms with Crippen molar-refractivity contribution in [3.63, 3.8) is 0 Å². The zero-order valence-corrected chi connectivity index (χ0v) is 17.9. The van der Waals surface area contributed by atoms with E-state index in [1.807, 2.05) is 39.0 Å². The van der Waals surface area contributed by atoms with Gasteiger partial charge in [-0.15, -0.1) is 0 Å². The molecule has 0 amide bonds. The number of hydrogen-bond donors (Lipinski definition) is 1. The standard InChI is InChI=1S/C19H31ClN4OS/c1-19(2,3)26(25)13-8-22-18(21-4)24-11-9-23(10-12-24)15-16-6-5-7-17(20)14-16/h5-7,14H,8-13,15H2,1-4H3,(H,21,22). The molecular weight excluding hydrogens is 368 g/mol. The predicted octanol–water partition coefficient (Wildman–Crippen LogP) is 2.58. The van der Waals surface area contributed by atoms with E-state index in [1.165, 1.54) is 5.56 Å². The number of nitrogens with one attached hydrogen (secondary N) is 1. The summed E-state index contributed by atoms with van der Waals surface area (Å²) < 4.78 is 12.0. The van der Waals surface area contributed by atoms with E-state index < -0.39 is 10.8 Å². The van der Waals surface area contributed by atoms with Crippen LogP contribution in [0, 0.1) is 0 Å². The highest BCUT2D eigenvalue weighted by Gasteiger charge is 2.21. The summed E-state index contributed by atoms with van der Waals surface area (Å²) in [7, 11) is 0.961. The molecule has 0 spiro atoms. The molecule has 1 unspecified atom stereocenters. The van der Waals surface area contributed by atoms with Crippen molar-refractivity contribution in [1.82, 2.24) is 15.1 Å². The van der Waals surface area contributed by atoms with Crippen LogP contribution in [-0.2, 0) is 17.3 Å². The second-order valence-electron chi connectivity index (χ2n) is 7.53. The summed E-state index contributed by atoms with van der Waals surface area (Å²) in [6, 6.07) is 8.06. The van der Waals surface area contributed by atoms with Gasteiger partial charge >= 0.3 is 0 Å². The minimum atomic E-state index is -0.846. The molecule has 0 aromatic heterocycles. The predicted molar refractivity (Wildman–Crippen MR) is 112 cm³/mol. The van der Waals surface area contributed by atoms with Gasteiger partial charge < -0.3 is 10.2 Å². The molecule has 1 aromatic carbocycles. The van der Waals surface area contributed by atoms with Gasteiger partial charge in [0.25, 0.3) is 0 Å². The molecule has 1 heterocycles. The molecule has 1 aliphatic heterocycles. The van der Waals surface area contributed by atoms with Crippen LogP contribution in [-0.4, -0.2) is 70.2 Å². The number of halogens is 1. The second-order valence-corrected chi connectivity index (χ2v) is 10.3. The monoisotopic (exact) mass is 398 g/mol. The third kappa shape index (κ3) is 6.56. The summed E-state index contributed by atoms with van der Waals surface area (Å²) in [4.78, 5) is 9.09.